The van der Waals surface area contributed by atoms with Crippen LogP contribution in [0.4, 0.5) is 0 Å². The average molecular weight is 259 g/mol. The number of rotatable bonds is 2. The van der Waals surface area contributed by atoms with Gasteiger partial charge in [0.15, 0.2) is 0 Å². The smallest absolute Gasteiger partial charge is 0.872 e. The molecule has 0 atom stereocenters. The number of hydrogen-bond donors (Lipinski definition) is 1. The monoisotopic (exact) mass is 257 g/mol. The summed E-state index contributed by atoms with van der Waals surface area (Å²) in [6.07, 6.45) is 1.32. The van der Waals surface area contributed by atoms with Crippen molar-refractivity contribution in [3.05, 3.63) is 29.8 Å². The topological polar surface area (TPSA) is 73.8 Å². The second-order valence-corrected chi connectivity index (χ2v) is 2.64. The van der Waals surface area contributed by atoms with E-state index in [1.807, 2.05) is 0 Å². The van der Waals surface area contributed by atoms with E-state index in [2.05, 4.69) is 22.8 Å². The minimum Gasteiger partial charge on any atom is -0.872 e. The van der Waals surface area contributed by atoms with E-state index in [0.717, 1.165) is 0 Å². The fourth-order valence-corrected chi connectivity index (χ4v) is 0.782. The van der Waals surface area contributed by atoms with Crippen LogP contribution in [0.3, 0.4) is 0 Å². The minimum atomic E-state index is -0.107. The van der Waals surface area contributed by atoms with E-state index >= 15 is 0 Å². The largest absolute Gasteiger partial charge is 2.00 e. The van der Waals surface area contributed by atoms with Crippen molar-refractivity contribution in [2.24, 2.45) is 15.9 Å². The van der Waals surface area contributed by atoms with Crippen LogP contribution in [0.15, 0.2) is 34.5 Å². The molecule has 68 valence electrons. The zero-order valence-corrected chi connectivity index (χ0v) is 11.2. The van der Waals surface area contributed by atoms with E-state index in [1.165, 1.54) is 12.3 Å². The number of amidine groups is 1. The van der Waals surface area contributed by atoms with Gasteiger partial charge in [0.05, 0.1) is 6.21 Å². The number of para-hydroxylation sites is 1. The van der Waals surface area contributed by atoms with Crippen LogP contribution >= 0.6 is 0 Å². The molecule has 0 spiro atoms. The molecule has 2 N–H and O–H groups in total. The van der Waals surface area contributed by atoms with Gasteiger partial charge in [0.1, 0.15) is 0 Å². The van der Waals surface area contributed by atoms with Crippen LogP contribution in [0, 0.1) is 0 Å². The van der Waals surface area contributed by atoms with Crippen molar-refractivity contribution in [1.29, 1.82) is 0 Å². The molecule has 0 radical (unpaired) electrons. The molecule has 0 amide bonds. The van der Waals surface area contributed by atoms with Gasteiger partial charge in [-0.2, -0.15) is 10.2 Å². The van der Waals surface area contributed by atoms with Gasteiger partial charge in [-0.3, -0.25) is 0 Å². The molecule has 6 heteroatoms. The second-order valence-electron chi connectivity index (χ2n) is 2.22. The molecule has 0 saturated heterocycles. The van der Waals surface area contributed by atoms with Crippen molar-refractivity contribution in [3.63, 3.8) is 0 Å². The zero-order valence-electron chi connectivity index (χ0n) is 7.38. The normalized spacial score (nSPS) is 11.3. The third-order valence-corrected chi connectivity index (χ3v) is 1.35. The van der Waals surface area contributed by atoms with Gasteiger partial charge in [-0.05, 0) is 10.7 Å². The van der Waals surface area contributed by atoms with E-state index in [-0.39, 0.29) is 30.4 Å². The molecule has 1 rings (SSSR count). The fourth-order valence-electron chi connectivity index (χ4n) is 0.735. The average Bonchev–Trinajstić information content (AvgIpc) is 2.08. The van der Waals surface area contributed by atoms with Crippen molar-refractivity contribution in [1.82, 2.24) is 0 Å². The Bertz CT molecular complexity index is 350. The summed E-state index contributed by atoms with van der Waals surface area (Å²) in [4.78, 5) is 0. The molecule has 0 unspecified atom stereocenters. The van der Waals surface area contributed by atoms with Gasteiger partial charge >= 0.3 is 19.5 Å². The molecule has 0 bridgehead atoms. The molecular weight excluding hydrogens is 252 g/mol. The predicted molar refractivity (Wildman–Crippen MR) is 52.5 cm³/mol. The number of nitrogens with zero attached hydrogens (tertiary/aromatic N) is 2. The van der Waals surface area contributed by atoms with Gasteiger partial charge in [0.25, 0.3) is 0 Å². The van der Waals surface area contributed by atoms with Crippen LogP contribution in [0.5, 0.6) is 5.75 Å². The molecule has 0 saturated carbocycles. The Hall–Kier alpha value is -0.997. The summed E-state index contributed by atoms with van der Waals surface area (Å²) in [6.45, 7) is 0. The maximum absolute atomic E-state index is 11.1. The second kappa shape index (κ2) is 6.46. The predicted octanol–water partition coefficient (Wildman–Crippen LogP) is -0.0468. The zero-order chi connectivity index (χ0) is 9.68. The quantitative estimate of drug-likeness (QED) is 0.266. The Labute approximate surface area is 100 Å². The molecule has 0 aliphatic heterocycles. The first-order valence-corrected chi connectivity index (χ1v) is 3.90. The summed E-state index contributed by atoms with van der Waals surface area (Å²) >= 11 is 4.46. The van der Waals surface area contributed by atoms with E-state index in [0.29, 0.717) is 5.56 Å². The fraction of sp³-hybridized carbons (Fsp3) is 0. The van der Waals surface area contributed by atoms with E-state index < -0.39 is 0 Å². The van der Waals surface area contributed by atoms with Gasteiger partial charge in [0, 0.05) is 0 Å². The van der Waals surface area contributed by atoms with E-state index in [1.54, 1.807) is 18.2 Å². The first-order chi connectivity index (χ1) is 6.20. The summed E-state index contributed by atoms with van der Waals surface area (Å²) < 4.78 is 0. The van der Waals surface area contributed by atoms with Crippen LogP contribution in [0.1, 0.15) is 5.56 Å². The molecule has 0 aromatic heterocycles. The van der Waals surface area contributed by atoms with Crippen molar-refractivity contribution < 1.29 is 24.6 Å². The van der Waals surface area contributed by atoms with Crippen molar-refractivity contribution >= 4 is 24.0 Å². The summed E-state index contributed by atoms with van der Waals surface area (Å²) in [5.41, 5.74) is 5.53. The van der Waals surface area contributed by atoms with Crippen molar-refractivity contribution in [2.45, 2.75) is 0 Å². The Morgan fingerprint density at radius 2 is 2.07 bits per heavy atom. The molecular formula is C8H7N3OSZn. The Balaban J connectivity index is 0.00000169. The molecule has 14 heavy (non-hydrogen) atoms. The van der Waals surface area contributed by atoms with Crippen LogP contribution < -0.4 is 10.8 Å². The van der Waals surface area contributed by atoms with Crippen molar-refractivity contribution in [2.75, 3.05) is 0 Å². The van der Waals surface area contributed by atoms with Crippen molar-refractivity contribution in [3.8, 4) is 5.75 Å². The van der Waals surface area contributed by atoms with E-state index in [4.69, 9.17) is 5.73 Å². The first kappa shape index (κ1) is 13.0. The summed E-state index contributed by atoms with van der Waals surface area (Å²) in [5.74, 6) is -0.107. The molecule has 1 aromatic carbocycles. The molecule has 1 aromatic rings. The SMILES string of the molecule is N/C([S-])=N/N=Cc1ccccc1[O-].[Zn+2]. The summed E-state index contributed by atoms with van der Waals surface area (Å²) in [6, 6.07) is 6.48. The van der Waals surface area contributed by atoms with Crippen LogP contribution in [0.2, 0.25) is 0 Å². The van der Waals surface area contributed by atoms with Gasteiger partial charge < -0.3 is 23.5 Å². The van der Waals surface area contributed by atoms with Crippen LogP contribution in [0.25, 0.3) is 0 Å². The Morgan fingerprint density at radius 3 is 2.64 bits per heavy atom. The summed E-state index contributed by atoms with van der Waals surface area (Å²) in [7, 11) is 0. The number of benzene rings is 1. The Kier molecular flexibility index (Phi) is 6.00. The molecule has 0 fully saturated rings. The molecule has 4 nitrogen and oxygen atoms in total. The van der Waals surface area contributed by atoms with Gasteiger partial charge in [-0.15, -0.1) is 0 Å². The Morgan fingerprint density at radius 1 is 1.43 bits per heavy atom. The van der Waals surface area contributed by atoms with Gasteiger partial charge in [0.2, 0.25) is 0 Å². The summed E-state index contributed by atoms with van der Waals surface area (Å²) in [5, 5.41) is 18.0. The molecule has 0 aliphatic carbocycles. The van der Waals surface area contributed by atoms with E-state index in [9.17, 15) is 5.11 Å². The minimum absolute atomic E-state index is 0. The van der Waals surface area contributed by atoms with Gasteiger partial charge in [-0.25, -0.2) is 0 Å². The maximum Gasteiger partial charge on any atom is 2.00 e. The third-order valence-electron chi connectivity index (χ3n) is 1.27. The standard InChI is InChI=1S/C8H9N3OS.Zn/c9-8(13)11-10-5-6-3-1-2-4-7(6)12;/h1-5,12H,(H3,9,11,13);/q;+2/p-2. The van der Waals surface area contributed by atoms with Gasteiger partial charge in [-0.1, -0.05) is 30.0 Å². The first-order valence-electron chi connectivity index (χ1n) is 3.49. The van der Waals surface area contributed by atoms with Crippen LogP contribution in [-0.4, -0.2) is 11.4 Å². The molecule has 0 heterocycles. The third kappa shape index (κ3) is 4.30. The van der Waals surface area contributed by atoms with Crippen LogP contribution in [-0.2, 0) is 32.1 Å². The number of hydrogen-bond acceptors (Lipinski definition) is 4. The molecule has 0 aliphatic rings. The maximum atomic E-state index is 11.1. The number of nitrogens with two attached hydrogens (primary N) is 1.